The molecule has 0 spiro atoms. The van der Waals surface area contributed by atoms with Crippen LogP contribution in [0.15, 0.2) is 47.1 Å². The number of hydrogen-bond donors (Lipinski definition) is 2. The second-order valence-corrected chi connectivity index (χ2v) is 9.28. The molecule has 1 unspecified atom stereocenters. The van der Waals surface area contributed by atoms with E-state index in [4.69, 9.17) is 4.74 Å². The van der Waals surface area contributed by atoms with E-state index >= 15 is 0 Å². The Morgan fingerprint density at radius 3 is 2.36 bits per heavy atom. The van der Waals surface area contributed by atoms with Gasteiger partial charge in [0, 0.05) is 12.0 Å². The van der Waals surface area contributed by atoms with Gasteiger partial charge in [0.1, 0.15) is 17.6 Å². The molecule has 1 rings (SSSR count). The van der Waals surface area contributed by atoms with Crippen LogP contribution in [0.4, 0.5) is 0 Å². The van der Waals surface area contributed by atoms with Gasteiger partial charge in [-0.05, 0) is 96.1 Å². The first-order valence-corrected chi connectivity index (χ1v) is 11.5. The lowest BCUT2D eigenvalue weighted by molar-refractivity contribution is -0.124. The Balaban J connectivity index is 2.56. The van der Waals surface area contributed by atoms with Crippen molar-refractivity contribution in [1.29, 1.82) is 0 Å². The molecule has 2 atom stereocenters. The number of aliphatic hydroxyl groups is 1. The molecule has 182 valence electrons. The zero-order valence-electron chi connectivity index (χ0n) is 21.2. The number of carbonyl (C=O) groups excluding carboxylic acids is 2. The molecule has 0 bridgehead atoms. The van der Waals surface area contributed by atoms with E-state index < -0.39 is 6.10 Å². The average Bonchev–Trinajstić information content (AvgIpc) is 2.73. The number of methoxy groups -OCH3 is 1. The molecule has 0 radical (unpaired) electrons. The molecule has 1 aromatic rings. The summed E-state index contributed by atoms with van der Waals surface area (Å²) in [6.07, 6.45) is 7.26. The summed E-state index contributed by atoms with van der Waals surface area (Å²) in [5.41, 5.74) is 4.34. The number of phenolic OH excluding ortho intramolecular Hbond substituents is 1. The smallest absolute Gasteiger partial charge is 0.184 e. The zero-order chi connectivity index (χ0) is 25.1. The minimum Gasteiger partial charge on any atom is -0.507 e. The Bertz CT molecular complexity index is 916. The fraction of sp³-hybridized carbons (Fsp3) is 0.500. The fourth-order valence-corrected chi connectivity index (χ4v) is 3.63. The molecule has 0 saturated carbocycles. The van der Waals surface area contributed by atoms with Crippen molar-refractivity contribution in [3.8, 4) is 11.5 Å². The lowest BCUT2D eigenvalue weighted by Crippen LogP contribution is -2.26. The Kier molecular flexibility index (Phi) is 11.9. The van der Waals surface area contributed by atoms with Gasteiger partial charge >= 0.3 is 0 Å². The van der Waals surface area contributed by atoms with Gasteiger partial charge in [-0.1, -0.05) is 29.7 Å². The number of aliphatic hydroxyl groups excluding tert-OH is 1. The van der Waals surface area contributed by atoms with E-state index in [1.54, 1.807) is 19.3 Å². The maximum absolute atomic E-state index is 12.4. The van der Waals surface area contributed by atoms with Gasteiger partial charge in [-0.25, -0.2) is 0 Å². The van der Waals surface area contributed by atoms with Crippen LogP contribution in [0, 0.1) is 12.8 Å². The van der Waals surface area contributed by atoms with Crippen molar-refractivity contribution < 1.29 is 24.5 Å². The highest BCUT2D eigenvalue weighted by Crippen LogP contribution is 2.28. The molecular weight excluding hydrogens is 416 g/mol. The van der Waals surface area contributed by atoms with Gasteiger partial charge in [-0.2, -0.15) is 0 Å². The molecule has 1 aromatic carbocycles. The highest BCUT2D eigenvalue weighted by Gasteiger charge is 2.20. The molecule has 5 nitrogen and oxygen atoms in total. The molecule has 0 aliphatic carbocycles. The van der Waals surface area contributed by atoms with Crippen LogP contribution in [-0.2, 0) is 16.0 Å². The third kappa shape index (κ3) is 10.2. The summed E-state index contributed by atoms with van der Waals surface area (Å²) < 4.78 is 5.27. The van der Waals surface area contributed by atoms with E-state index in [1.165, 1.54) is 6.08 Å². The van der Waals surface area contributed by atoms with E-state index in [1.807, 2.05) is 53.7 Å². The van der Waals surface area contributed by atoms with Gasteiger partial charge in [0.2, 0.25) is 0 Å². The van der Waals surface area contributed by atoms with Crippen molar-refractivity contribution in [2.75, 3.05) is 7.11 Å². The quantitative estimate of drug-likeness (QED) is 0.289. The van der Waals surface area contributed by atoms with Crippen molar-refractivity contribution in [1.82, 2.24) is 0 Å². The molecule has 0 aliphatic rings. The van der Waals surface area contributed by atoms with E-state index in [-0.39, 0.29) is 23.2 Å². The Morgan fingerprint density at radius 1 is 1.09 bits per heavy atom. The standard InChI is InChI=1S/C28H40O5/c1-18(2)13-26(30)28(32)21(5)10-8-9-19(3)14-24(29)15-20(4)11-12-23-17-25(33-7)16-22(6)27(23)31/h11,13-14,16-17,21,28,31-32H,8-10,12,15H2,1-7H3/b19-14+,20-11+/t21?,28-/m0/s1. The SMILES string of the molecule is COc1cc(C)c(O)c(C/C=C(\C)CC(=O)/C=C(\C)CCCC(C)[C@H](O)C(=O)C=C(C)C)c1. The highest BCUT2D eigenvalue weighted by atomic mass is 16.5. The highest BCUT2D eigenvalue weighted by molar-refractivity contribution is 5.94. The van der Waals surface area contributed by atoms with Crippen LogP contribution in [0.5, 0.6) is 11.5 Å². The number of benzene rings is 1. The summed E-state index contributed by atoms with van der Waals surface area (Å²) in [6.45, 7) is 11.2. The lowest BCUT2D eigenvalue weighted by Gasteiger charge is -2.16. The third-order valence-electron chi connectivity index (χ3n) is 5.61. The molecule has 0 heterocycles. The minimum absolute atomic E-state index is 0.0408. The minimum atomic E-state index is -0.980. The fourth-order valence-electron chi connectivity index (χ4n) is 3.63. The van der Waals surface area contributed by atoms with Crippen LogP contribution in [0.3, 0.4) is 0 Å². The van der Waals surface area contributed by atoms with E-state index in [0.29, 0.717) is 25.0 Å². The molecule has 0 fully saturated rings. The topological polar surface area (TPSA) is 83.8 Å². The molecule has 2 N–H and O–H groups in total. The molecule has 0 amide bonds. The first kappa shape index (κ1) is 28.4. The van der Waals surface area contributed by atoms with Gasteiger partial charge in [-0.3, -0.25) is 9.59 Å². The third-order valence-corrected chi connectivity index (χ3v) is 5.61. The number of phenols is 1. The Morgan fingerprint density at radius 2 is 1.76 bits per heavy atom. The Labute approximate surface area is 198 Å². The predicted molar refractivity (Wildman–Crippen MR) is 134 cm³/mol. The average molecular weight is 457 g/mol. The molecule has 5 heteroatoms. The van der Waals surface area contributed by atoms with Gasteiger partial charge in [0.25, 0.3) is 0 Å². The number of hydrogen-bond acceptors (Lipinski definition) is 5. The molecule has 0 aromatic heterocycles. The van der Waals surface area contributed by atoms with Crippen LogP contribution in [-0.4, -0.2) is 35.0 Å². The normalized spacial score (nSPS) is 13.9. The number of ketones is 2. The molecule has 33 heavy (non-hydrogen) atoms. The molecule has 0 aliphatic heterocycles. The second-order valence-electron chi connectivity index (χ2n) is 9.28. The van der Waals surface area contributed by atoms with Crippen LogP contribution in [0.25, 0.3) is 0 Å². The molecular formula is C28H40O5. The van der Waals surface area contributed by atoms with Crippen LogP contribution in [0.1, 0.15) is 71.4 Å². The van der Waals surface area contributed by atoms with Crippen molar-refractivity contribution >= 4 is 11.6 Å². The van der Waals surface area contributed by atoms with Gasteiger partial charge in [0.05, 0.1) is 7.11 Å². The number of rotatable bonds is 13. The largest absolute Gasteiger partial charge is 0.507 e. The molecule has 0 saturated heterocycles. The summed E-state index contributed by atoms with van der Waals surface area (Å²) in [4.78, 5) is 24.4. The predicted octanol–water partition coefficient (Wildman–Crippen LogP) is 5.81. The Hall–Kier alpha value is -2.66. The van der Waals surface area contributed by atoms with Crippen molar-refractivity contribution in [2.24, 2.45) is 5.92 Å². The number of aryl methyl sites for hydroxylation is 1. The maximum Gasteiger partial charge on any atom is 0.184 e. The van der Waals surface area contributed by atoms with E-state index in [0.717, 1.165) is 40.7 Å². The van der Waals surface area contributed by atoms with Crippen molar-refractivity contribution in [3.63, 3.8) is 0 Å². The van der Waals surface area contributed by atoms with E-state index in [2.05, 4.69) is 0 Å². The van der Waals surface area contributed by atoms with Crippen LogP contribution >= 0.6 is 0 Å². The number of allylic oxidation sites excluding steroid dienone is 5. The maximum atomic E-state index is 12.4. The summed E-state index contributed by atoms with van der Waals surface area (Å²) in [6, 6.07) is 3.60. The summed E-state index contributed by atoms with van der Waals surface area (Å²) in [5, 5.41) is 20.4. The van der Waals surface area contributed by atoms with Crippen molar-refractivity contribution in [3.05, 3.63) is 58.2 Å². The number of carbonyl (C=O) groups is 2. The van der Waals surface area contributed by atoms with E-state index in [9.17, 15) is 19.8 Å². The van der Waals surface area contributed by atoms with Crippen LogP contribution < -0.4 is 4.74 Å². The number of aromatic hydroxyl groups is 1. The van der Waals surface area contributed by atoms with Gasteiger partial charge < -0.3 is 14.9 Å². The first-order valence-electron chi connectivity index (χ1n) is 11.5. The lowest BCUT2D eigenvalue weighted by atomic mass is 9.93. The summed E-state index contributed by atoms with van der Waals surface area (Å²) in [7, 11) is 1.59. The zero-order valence-corrected chi connectivity index (χ0v) is 21.2. The number of ether oxygens (including phenoxy) is 1. The van der Waals surface area contributed by atoms with Crippen LogP contribution in [0.2, 0.25) is 0 Å². The van der Waals surface area contributed by atoms with Gasteiger partial charge in [-0.15, -0.1) is 0 Å². The van der Waals surface area contributed by atoms with Crippen molar-refractivity contribution in [2.45, 2.75) is 79.8 Å². The monoisotopic (exact) mass is 456 g/mol. The van der Waals surface area contributed by atoms with Gasteiger partial charge in [0.15, 0.2) is 11.6 Å². The summed E-state index contributed by atoms with van der Waals surface area (Å²) in [5.74, 6) is 0.620. The first-order chi connectivity index (χ1) is 15.4. The second kappa shape index (κ2) is 13.8. The summed E-state index contributed by atoms with van der Waals surface area (Å²) >= 11 is 0.